The van der Waals surface area contributed by atoms with Gasteiger partial charge in [0.2, 0.25) is 0 Å². The topological polar surface area (TPSA) is 29.5 Å². The van der Waals surface area contributed by atoms with Crippen molar-refractivity contribution in [2.75, 3.05) is 6.61 Å². The molecular weight excluding hydrogens is 176 g/mol. The van der Waals surface area contributed by atoms with Crippen molar-refractivity contribution in [3.8, 4) is 0 Å². The maximum absolute atomic E-state index is 10.6. The quantitative estimate of drug-likeness (QED) is 0.755. The van der Waals surface area contributed by atoms with Crippen LogP contribution < -0.4 is 0 Å². The summed E-state index contributed by atoms with van der Waals surface area (Å²) in [5, 5.41) is 10.6. The van der Waals surface area contributed by atoms with Crippen LogP contribution in [0.5, 0.6) is 0 Å². The van der Waals surface area contributed by atoms with Crippen LogP contribution in [0.2, 0.25) is 0 Å². The van der Waals surface area contributed by atoms with Gasteiger partial charge >= 0.3 is 0 Å². The molecule has 0 aromatic carbocycles. The molecule has 14 heavy (non-hydrogen) atoms. The number of hydrogen-bond acceptors (Lipinski definition) is 2. The van der Waals surface area contributed by atoms with Crippen LogP contribution in [0.25, 0.3) is 0 Å². The second kappa shape index (κ2) is 4.35. The average Bonchev–Trinajstić information content (AvgIpc) is 2.17. The van der Waals surface area contributed by atoms with Crippen molar-refractivity contribution in [1.82, 2.24) is 0 Å². The zero-order valence-electron chi connectivity index (χ0n) is 9.71. The van der Waals surface area contributed by atoms with Crippen LogP contribution in [0.4, 0.5) is 0 Å². The van der Waals surface area contributed by atoms with Gasteiger partial charge in [0.05, 0.1) is 18.5 Å². The maximum atomic E-state index is 10.6. The van der Waals surface area contributed by atoms with Gasteiger partial charge in [-0.2, -0.15) is 0 Å². The Labute approximate surface area is 87.0 Å². The van der Waals surface area contributed by atoms with E-state index in [-0.39, 0.29) is 11.8 Å². The minimum atomic E-state index is -0.694. The highest BCUT2D eigenvalue weighted by Gasteiger charge is 2.39. The Hall–Kier alpha value is -0.500. The van der Waals surface area contributed by atoms with Crippen molar-refractivity contribution < 1.29 is 9.84 Å². The Morgan fingerprint density at radius 1 is 1.29 bits per heavy atom. The highest BCUT2D eigenvalue weighted by Crippen LogP contribution is 2.37. The van der Waals surface area contributed by atoms with Crippen LogP contribution >= 0.6 is 0 Å². The van der Waals surface area contributed by atoms with Gasteiger partial charge in [0, 0.05) is 0 Å². The Morgan fingerprint density at radius 3 is 2.21 bits per heavy atom. The Kier molecular flexibility index (Phi) is 3.59. The first-order chi connectivity index (χ1) is 6.49. The van der Waals surface area contributed by atoms with E-state index >= 15 is 0 Å². The molecule has 2 heteroatoms. The van der Waals surface area contributed by atoms with E-state index in [2.05, 4.69) is 27.7 Å². The van der Waals surface area contributed by atoms with Crippen LogP contribution in [0, 0.1) is 11.8 Å². The third kappa shape index (κ3) is 1.95. The largest absolute Gasteiger partial charge is 0.501 e. The molecule has 0 saturated heterocycles. The molecule has 0 radical (unpaired) electrons. The van der Waals surface area contributed by atoms with E-state index in [0.717, 1.165) is 25.0 Å². The third-order valence-corrected chi connectivity index (χ3v) is 3.21. The summed E-state index contributed by atoms with van der Waals surface area (Å²) in [6.07, 6.45) is 3.75. The number of hydrogen-bond donors (Lipinski definition) is 1. The summed E-state index contributed by atoms with van der Waals surface area (Å²) in [5.74, 6) is 0.464. The molecule has 1 aliphatic heterocycles. The molecule has 82 valence electrons. The zero-order chi connectivity index (χ0) is 10.8. The Balaban J connectivity index is 2.92. The fourth-order valence-electron chi connectivity index (χ4n) is 2.27. The number of aliphatic hydroxyl groups is 1. The van der Waals surface area contributed by atoms with Gasteiger partial charge in [0.25, 0.3) is 0 Å². The molecule has 0 unspecified atom stereocenters. The van der Waals surface area contributed by atoms with Gasteiger partial charge in [-0.25, -0.2) is 0 Å². The lowest BCUT2D eigenvalue weighted by Gasteiger charge is -2.39. The number of ether oxygens (including phenoxy) is 1. The summed E-state index contributed by atoms with van der Waals surface area (Å²) < 4.78 is 5.31. The van der Waals surface area contributed by atoms with Crippen molar-refractivity contribution in [3.05, 3.63) is 11.8 Å². The highest BCUT2D eigenvalue weighted by atomic mass is 16.5. The number of rotatable bonds is 3. The molecule has 0 bridgehead atoms. The fourth-order valence-corrected chi connectivity index (χ4v) is 2.27. The molecular formula is C12H22O2. The van der Waals surface area contributed by atoms with Gasteiger partial charge in [-0.15, -0.1) is 0 Å². The standard InChI is InChI=1S/C12H22O2/c1-9(2)12(13,10(3)4)11-6-5-7-14-8-11/h8-10,13H,5-7H2,1-4H3. The summed E-state index contributed by atoms with van der Waals surface area (Å²) in [6, 6.07) is 0. The van der Waals surface area contributed by atoms with E-state index in [9.17, 15) is 5.11 Å². The predicted octanol–water partition coefficient (Wildman–Crippen LogP) is 2.72. The average molecular weight is 198 g/mol. The van der Waals surface area contributed by atoms with Crippen LogP contribution in [0.1, 0.15) is 40.5 Å². The van der Waals surface area contributed by atoms with Crippen LogP contribution in [0.3, 0.4) is 0 Å². The molecule has 1 aliphatic rings. The molecule has 1 heterocycles. The molecule has 0 amide bonds. The fraction of sp³-hybridized carbons (Fsp3) is 0.833. The highest BCUT2D eigenvalue weighted by molar-refractivity contribution is 5.18. The van der Waals surface area contributed by atoms with Gasteiger partial charge in [-0.05, 0) is 30.3 Å². The molecule has 0 aliphatic carbocycles. The normalized spacial score (nSPS) is 18.4. The van der Waals surface area contributed by atoms with E-state index in [0.29, 0.717) is 0 Å². The maximum Gasteiger partial charge on any atom is 0.0934 e. The second-order valence-corrected chi connectivity index (χ2v) is 4.75. The minimum absolute atomic E-state index is 0.232. The SMILES string of the molecule is CC(C)C(O)(C1=COCCC1)C(C)C. The third-order valence-electron chi connectivity index (χ3n) is 3.21. The van der Waals surface area contributed by atoms with Gasteiger partial charge in [0.1, 0.15) is 0 Å². The summed E-state index contributed by atoms with van der Waals surface area (Å²) in [4.78, 5) is 0. The first-order valence-electron chi connectivity index (χ1n) is 5.53. The van der Waals surface area contributed by atoms with E-state index in [4.69, 9.17) is 4.74 Å². The molecule has 0 aromatic rings. The molecule has 0 atom stereocenters. The van der Waals surface area contributed by atoms with Crippen LogP contribution in [-0.2, 0) is 4.74 Å². The van der Waals surface area contributed by atoms with Gasteiger partial charge < -0.3 is 9.84 Å². The van der Waals surface area contributed by atoms with Gasteiger partial charge in [-0.3, -0.25) is 0 Å². The van der Waals surface area contributed by atoms with Gasteiger partial charge in [-0.1, -0.05) is 27.7 Å². The monoisotopic (exact) mass is 198 g/mol. The van der Waals surface area contributed by atoms with E-state index in [1.807, 2.05) is 0 Å². The lowest BCUT2D eigenvalue weighted by molar-refractivity contribution is -0.0213. The first-order valence-corrected chi connectivity index (χ1v) is 5.53. The molecule has 1 N–H and O–H groups in total. The van der Waals surface area contributed by atoms with Crippen molar-refractivity contribution in [2.24, 2.45) is 11.8 Å². The van der Waals surface area contributed by atoms with Gasteiger partial charge in [0.15, 0.2) is 0 Å². The molecule has 1 rings (SSSR count). The smallest absolute Gasteiger partial charge is 0.0934 e. The Morgan fingerprint density at radius 2 is 1.86 bits per heavy atom. The molecule has 0 aromatic heterocycles. The van der Waals surface area contributed by atoms with Crippen LogP contribution in [-0.4, -0.2) is 17.3 Å². The van der Waals surface area contributed by atoms with Crippen molar-refractivity contribution in [3.63, 3.8) is 0 Å². The van der Waals surface area contributed by atoms with E-state index < -0.39 is 5.60 Å². The van der Waals surface area contributed by atoms with E-state index in [1.165, 1.54) is 0 Å². The molecule has 2 nitrogen and oxygen atoms in total. The lowest BCUT2D eigenvalue weighted by atomic mass is 9.73. The summed E-state index contributed by atoms with van der Waals surface area (Å²) >= 11 is 0. The summed E-state index contributed by atoms with van der Waals surface area (Å²) in [5.41, 5.74) is 0.370. The molecule has 0 fully saturated rings. The zero-order valence-corrected chi connectivity index (χ0v) is 9.71. The summed E-state index contributed by atoms with van der Waals surface area (Å²) in [7, 11) is 0. The molecule has 0 spiro atoms. The summed E-state index contributed by atoms with van der Waals surface area (Å²) in [6.45, 7) is 9.05. The van der Waals surface area contributed by atoms with Crippen molar-refractivity contribution >= 4 is 0 Å². The predicted molar refractivity (Wildman–Crippen MR) is 57.9 cm³/mol. The minimum Gasteiger partial charge on any atom is -0.501 e. The van der Waals surface area contributed by atoms with Crippen molar-refractivity contribution in [2.45, 2.75) is 46.1 Å². The lowest BCUT2D eigenvalue weighted by Crippen LogP contribution is -2.43. The van der Waals surface area contributed by atoms with E-state index in [1.54, 1.807) is 6.26 Å². The van der Waals surface area contributed by atoms with Crippen LogP contribution in [0.15, 0.2) is 11.8 Å². The second-order valence-electron chi connectivity index (χ2n) is 4.75. The van der Waals surface area contributed by atoms with Crippen molar-refractivity contribution in [1.29, 1.82) is 0 Å². The first kappa shape index (κ1) is 11.6. The molecule has 0 saturated carbocycles. The Bertz CT molecular complexity index is 208.